The summed E-state index contributed by atoms with van der Waals surface area (Å²) in [5.74, 6) is 0.222. The zero-order chi connectivity index (χ0) is 13.9. The molecule has 0 radical (unpaired) electrons. The van der Waals surface area contributed by atoms with Gasteiger partial charge < -0.3 is 15.0 Å². The minimum atomic E-state index is -4.37. The molecule has 19 heavy (non-hydrogen) atoms. The van der Waals surface area contributed by atoms with Gasteiger partial charge in [-0.2, -0.15) is 18.2 Å². The van der Waals surface area contributed by atoms with E-state index in [1.54, 1.807) is 24.3 Å². The Balaban J connectivity index is 1.99. The Morgan fingerprint density at radius 2 is 2.11 bits per heavy atom. The second-order valence-electron chi connectivity index (χ2n) is 3.75. The zero-order valence-electron chi connectivity index (χ0n) is 9.65. The first kappa shape index (κ1) is 13.3. The topological polar surface area (TPSA) is 74.2 Å². The average Bonchev–Trinajstić information content (AvgIpc) is 2.76. The van der Waals surface area contributed by atoms with Gasteiger partial charge in [-0.1, -0.05) is 11.2 Å². The number of hydrogen-bond acceptors (Lipinski definition) is 5. The average molecular weight is 273 g/mol. The van der Waals surface area contributed by atoms with Crippen LogP contribution in [-0.4, -0.2) is 22.9 Å². The molecule has 0 atom stereocenters. The van der Waals surface area contributed by atoms with Crippen molar-refractivity contribution in [2.45, 2.75) is 12.8 Å². The van der Waals surface area contributed by atoms with Crippen molar-refractivity contribution in [2.75, 3.05) is 12.3 Å². The Morgan fingerprint density at radius 3 is 2.79 bits per heavy atom. The normalized spacial score (nSPS) is 11.7. The molecular weight excluding hydrogens is 263 g/mol. The van der Waals surface area contributed by atoms with E-state index in [9.17, 15) is 13.2 Å². The van der Waals surface area contributed by atoms with Crippen molar-refractivity contribution >= 4 is 5.69 Å². The Bertz CT molecular complexity index is 554. The molecule has 0 amide bonds. The first-order chi connectivity index (χ1) is 8.94. The molecule has 0 aliphatic carbocycles. The van der Waals surface area contributed by atoms with E-state index in [-0.39, 0.29) is 18.3 Å². The lowest BCUT2D eigenvalue weighted by Gasteiger charge is -2.04. The van der Waals surface area contributed by atoms with E-state index in [0.29, 0.717) is 11.3 Å². The molecular formula is C11H10F3N3O2. The van der Waals surface area contributed by atoms with E-state index in [0.717, 1.165) is 0 Å². The molecule has 5 nitrogen and oxygen atoms in total. The van der Waals surface area contributed by atoms with Gasteiger partial charge in [0.05, 0.1) is 0 Å². The predicted octanol–water partition coefficient (Wildman–Crippen LogP) is 2.40. The highest BCUT2D eigenvalue weighted by molar-refractivity contribution is 5.59. The summed E-state index contributed by atoms with van der Waals surface area (Å²) in [6.07, 6.45) is -4.37. The van der Waals surface area contributed by atoms with Gasteiger partial charge in [-0.15, -0.1) is 0 Å². The summed E-state index contributed by atoms with van der Waals surface area (Å²) in [5.41, 5.74) is 6.70. The lowest BCUT2D eigenvalue weighted by molar-refractivity contribution is -0.177. The minimum Gasteiger partial charge on any atom is -0.399 e. The molecule has 8 heteroatoms. The molecule has 0 fully saturated rings. The second-order valence-corrected chi connectivity index (χ2v) is 3.75. The summed E-state index contributed by atoms with van der Waals surface area (Å²) in [5, 5.41) is 3.52. The number of rotatable bonds is 4. The lowest BCUT2D eigenvalue weighted by Crippen LogP contribution is -2.16. The molecule has 2 N–H and O–H groups in total. The highest BCUT2D eigenvalue weighted by atomic mass is 19.4. The third kappa shape index (κ3) is 3.95. The number of alkyl halides is 3. The fourth-order valence-corrected chi connectivity index (χ4v) is 1.36. The van der Waals surface area contributed by atoms with Crippen LogP contribution in [-0.2, 0) is 11.3 Å². The summed E-state index contributed by atoms with van der Waals surface area (Å²) in [6, 6.07) is 6.71. The monoisotopic (exact) mass is 273 g/mol. The quantitative estimate of drug-likeness (QED) is 0.866. The van der Waals surface area contributed by atoms with E-state index >= 15 is 0 Å². The van der Waals surface area contributed by atoms with Crippen LogP contribution in [0.15, 0.2) is 28.8 Å². The number of anilines is 1. The van der Waals surface area contributed by atoms with Crippen molar-refractivity contribution in [1.29, 1.82) is 0 Å². The maximum Gasteiger partial charge on any atom is 0.411 e. The largest absolute Gasteiger partial charge is 0.411 e. The summed E-state index contributed by atoms with van der Waals surface area (Å²) in [6.45, 7) is -1.72. The molecule has 2 rings (SSSR count). The molecule has 0 unspecified atom stereocenters. The number of ether oxygens (including phenoxy) is 1. The SMILES string of the molecule is Nc1cccc(-c2nc(COCC(F)(F)F)no2)c1. The van der Waals surface area contributed by atoms with Crippen molar-refractivity contribution in [1.82, 2.24) is 10.1 Å². The maximum atomic E-state index is 11.9. The van der Waals surface area contributed by atoms with Gasteiger partial charge in [0.1, 0.15) is 13.2 Å². The molecule has 0 saturated carbocycles. The first-order valence-electron chi connectivity index (χ1n) is 5.27. The molecule has 0 aliphatic heterocycles. The molecule has 1 heterocycles. The van der Waals surface area contributed by atoms with Crippen LogP contribution in [0, 0.1) is 0 Å². The number of nitrogen functional groups attached to an aromatic ring is 1. The maximum absolute atomic E-state index is 11.9. The van der Waals surface area contributed by atoms with Crippen LogP contribution in [0.5, 0.6) is 0 Å². The Kier molecular flexibility index (Phi) is 3.70. The van der Waals surface area contributed by atoms with E-state index < -0.39 is 12.8 Å². The molecule has 102 valence electrons. The number of halogens is 3. The van der Waals surface area contributed by atoms with Crippen LogP contribution in [0.1, 0.15) is 5.82 Å². The standard InChI is InChI=1S/C11H10F3N3O2/c12-11(13,14)6-18-5-9-16-10(19-17-9)7-2-1-3-8(15)4-7/h1-4H,5-6,15H2. The highest BCUT2D eigenvalue weighted by Crippen LogP contribution is 2.20. The van der Waals surface area contributed by atoms with E-state index in [1.807, 2.05) is 0 Å². The lowest BCUT2D eigenvalue weighted by atomic mass is 10.2. The van der Waals surface area contributed by atoms with Crippen LogP contribution < -0.4 is 5.73 Å². The number of hydrogen-bond donors (Lipinski definition) is 1. The first-order valence-corrected chi connectivity index (χ1v) is 5.27. The minimum absolute atomic E-state index is 0.0432. The van der Waals surface area contributed by atoms with Crippen LogP contribution in [0.2, 0.25) is 0 Å². The summed E-state index contributed by atoms with van der Waals surface area (Å²) >= 11 is 0. The van der Waals surface area contributed by atoms with Gasteiger partial charge in [0.25, 0.3) is 5.89 Å². The molecule has 2 aromatic rings. The van der Waals surface area contributed by atoms with Gasteiger partial charge in [-0.05, 0) is 18.2 Å². The molecule has 0 spiro atoms. The number of nitrogens with zero attached hydrogens (tertiary/aromatic N) is 2. The number of nitrogens with two attached hydrogens (primary N) is 1. The third-order valence-electron chi connectivity index (χ3n) is 2.10. The zero-order valence-corrected chi connectivity index (χ0v) is 9.65. The van der Waals surface area contributed by atoms with Crippen molar-refractivity contribution < 1.29 is 22.4 Å². The van der Waals surface area contributed by atoms with Crippen LogP contribution in [0.4, 0.5) is 18.9 Å². The van der Waals surface area contributed by atoms with E-state index in [2.05, 4.69) is 14.9 Å². The van der Waals surface area contributed by atoms with Gasteiger partial charge in [-0.3, -0.25) is 0 Å². The van der Waals surface area contributed by atoms with Gasteiger partial charge in [0.15, 0.2) is 5.82 Å². The Hall–Kier alpha value is -2.09. The summed E-state index contributed by atoms with van der Waals surface area (Å²) in [7, 11) is 0. The van der Waals surface area contributed by atoms with Crippen molar-refractivity contribution in [2.24, 2.45) is 0 Å². The molecule has 1 aromatic carbocycles. The highest BCUT2D eigenvalue weighted by Gasteiger charge is 2.27. The van der Waals surface area contributed by atoms with E-state index in [4.69, 9.17) is 10.3 Å². The van der Waals surface area contributed by atoms with Crippen LogP contribution in [0.3, 0.4) is 0 Å². The molecule has 1 aromatic heterocycles. The summed E-state index contributed by atoms with van der Waals surface area (Å²) in [4.78, 5) is 3.92. The van der Waals surface area contributed by atoms with Crippen LogP contribution >= 0.6 is 0 Å². The van der Waals surface area contributed by atoms with Gasteiger partial charge in [-0.25, -0.2) is 0 Å². The summed E-state index contributed by atoms with van der Waals surface area (Å²) < 4.78 is 44.9. The molecule has 0 bridgehead atoms. The second kappa shape index (κ2) is 5.27. The van der Waals surface area contributed by atoms with E-state index in [1.165, 1.54) is 0 Å². The van der Waals surface area contributed by atoms with Crippen molar-refractivity contribution in [3.8, 4) is 11.5 Å². The van der Waals surface area contributed by atoms with Crippen molar-refractivity contribution in [3.05, 3.63) is 30.1 Å². The molecule has 0 saturated heterocycles. The Labute approximate surface area is 106 Å². The number of aromatic nitrogens is 2. The fraction of sp³-hybridized carbons (Fsp3) is 0.273. The van der Waals surface area contributed by atoms with Gasteiger partial charge in [0.2, 0.25) is 0 Å². The van der Waals surface area contributed by atoms with Gasteiger partial charge >= 0.3 is 6.18 Å². The Morgan fingerprint density at radius 1 is 1.32 bits per heavy atom. The van der Waals surface area contributed by atoms with Crippen LogP contribution in [0.25, 0.3) is 11.5 Å². The smallest absolute Gasteiger partial charge is 0.399 e. The predicted molar refractivity (Wildman–Crippen MR) is 59.9 cm³/mol. The van der Waals surface area contributed by atoms with Crippen molar-refractivity contribution in [3.63, 3.8) is 0 Å². The third-order valence-corrected chi connectivity index (χ3v) is 2.10. The van der Waals surface area contributed by atoms with Gasteiger partial charge in [0, 0.05) is 11.3 Å². The molecule has 0 aliphatic rings. The fourth-order valence-electron chi connectivity index (χ4n) is 1.36. The number of benzene rings is 1.